The van der Waals surface area contributed by atoms with Gasteiger partial charge in [-0.05, 0) is 48.2 Å². The van der Waals surface area contributed by atoms with Crippen LogP contribution in [0.4, 0.5) is 0 Å². The topological polar surface area (TPSA) is 82.9 Å². The molecule has 1 N–H and O–H groups in total. The van der Waals surface area contributed by atoms with Crippen molar-refractivity contribution in [3.8, 4) is 0 Å². The normalized spacial score (nSPS) is 16.4. The number of rotatable bonds is 7. The summed E-state index contributed by atoms with van der Waals surface area (Å²) in [6.45, 7) is 5.07. The first-order valence-electron chi connectivity index (χ1n) is 11.0. The first-order chi connectivity index (χ1) is 15.8. The van der Waals surface area contributed by atoms with Crippen molar-refractivity contribution in [3.63, 3.8) is 0 Å². The van der Waals surface area contributed by atoms with Gasteiger partial charge in [0.05, 0.1) is 12.0 Å². The Morgan fingerprint density at radius 1 is 1.12 bits per heavy atom. The van der Waals surface area contributed by atoms with Crippen molar-refractivity contribution in [3.05, 3.63) is 100 Å². The summed E-state index contributed by atoms with van der Waals surface area (Å²) in [5.41, 5.74) is 6.97. The second kappa shape index (κ2) is 9.45. The Bertz CT molecular complexity index is 1260. The van der Waals surface area contributed by atoms with Crippen LogP contribution in [0.1, 0.15) is 51.8 Å². The van der Waals surface area contributed by atoms with Crippen molar-refractivity contribution in [1.29, 1.82) is 0 Å². The fourth-order valence-electron chi connectivity index (χ4n) is 4.44. The number of hydrogen-bond acceptors (Lipinski definition) is 5. The van der Waals surface area contributed by atoms with E-state index in [0.717, 1.165) is 22.4 Å². The van der Waals surface area contributed by atoms with Gasteiger partial charge in [-0.2, -0.15) is 0 Å². The smallest absolute Gasteiger partial charge is 0.211 e. The van der Waals surface area contributed by atoms with Crippen LogP contribution in [-0.2, 0) is 10.0 Å². The predicted molar refractivity (Wildman–Crippen MR) is 131 cm³/mol. The number of aryl methyl sites for hydroxylation is 2. The Morgan fingerprint density at radius 3 is 2.42 bits per heavy atom. The van der Waals surface area contributed by atoms with Crippen molar-refractivity contribution in [2.75, 3.05) is 19.3 Å². The number of oxime groups is 1. The molecule has 1 aliphatic rings. The van der Waals surface area contributed by atoms with Crippen LogP contribution in [0.2, 0.25) is 0 Å². The third-order valence-corrected chi connectivity index (χ3v) is 7.68. The maximum absolute atomic E-state index is 11.7. The molecule has 0 aliphatic carbocycles. The van der Waals surface area contributed by atoms with Crippen LogP contribution >= 0.6 is 0 Å². The molecule has 3 aromatic rings. The van der Waals surface area contributed by atoms with Crippen molar-refractivity contribution in [1.82, 2.24) is 9.29 Å². The van der Waals surface area contributed by atoms with Crippen molar-refractivity contribution in [2.24, 2.45) is 5.16 Å². The number of hydrogen-bond donors (Lipinski definition) is 1. The molecular weight excluding hydrogens is 434 g/mol. The highest BCUT2D eigenvalue weighted by molar-refractivity contribution is 7.88. The van der Waals surface area contributed by atoms with E-state index >= 15 is 0 Å². The molecule has 2 heterocycles. The summed E-state index contributed by atoms with van der Waals surface area (Å²) >= 11 is 0. The third kappa shape index (κ3) is 5.15. The predicted octanol–water partition coefficient (Wildman–Crippen LogP) is 4.46. The number of nitrogens with zero attached hydrogens (tertiary/aromatic N) is 3. The molecule has 0 amide bonds. The zero-order valence-electron chi connectivity index (χ0n) is 19.1. The summed E-state index contributed by atoms with van der Waals surface area (Å²) in [5, 5.41) is 13.5. The highest BCUT2D eigenvalue weighted by Crippen LogP contribution is 2.34. The van der Waals surface area contributed by atoms with Crippen LogP contribution in [0.5, 0.6) is 0 Å². The minimum Gasteiger partial charge on any atom is -0.411 e. The van der Waals surface area contributed by atoms with Gasteiger partial charge in [-0.1, -0.05) is 53.7 Å². The first kappa shape index (κ1) is 23.1. The molecule has 2 aromatic carbocycles. The maximum Gasteiger partial charge on any atom is 0.211 e. The average Bonchev–Trinajstić information content (AvgIpc) is 2.74. The van der Waals surface area contributed by atoms with Gasteiger partial charge in [-0.3, -0.25) is 4.98 Å². The largest absolute Gasteiger partial charge is 0.411 e. The Hall–Kier alpha value is -3.03. The second-order valence-corrected chi connectivity index (χ2v) is 10.8. The molecule has 1 aliphatic heterocycles. The van der Waals surface area contributed by atoms with Gasteiger partial charge in [0.1, 0.15) is 0 Å². The maximum atomic E-state index is 11.7. The van der Waals surface area contributed by atoms with Gasteiger partial charge in [-0.25, -0.2) is 12.7 Å². The molecule has 1 atom stereocenters. The average molecular weight is 464 g/mol. The van der Waals surface area contributed by atoms with Crippen LogP contribution in [0, 0.1) is 13.8 Å². The molecule has 0 unspecified atom stereocenters. The molecule has 0 radical (unpaired) electrons. The highest BCUT2D eigenvalue weighted by Gasteiger charge is 2.34. The van der Waals surface area contributed by atoms with E-state index in [1.165, 1.54) is 21.7 Å². The molecule has 0 spiro atoms. The lowest BCUT2D eigenvalue weighted by molar-refractivity contribution is 0.266. The molecule has 0 bridgehead atoms. The van der Waals surface area contributed by atoms with Gasteiger partial charge in [0, 0.05) is 48.8 Å². The summed E-state index contributed by atoms with van der Waals surface area (Å²) < 4.78 is 24.9. The molecule has 4 rings (SSSR count). The quantitative estimate of drug-likeness (QED) is 0.319. The van der Waals surface area contributed by atoms with Crippen LogP contribution in [0.25, 0.3) is 0 Å². The van der Waals surface area contributed by atoms with Crippen molar-refractivity contribution < 1.29 is 13.6 Å². The summed E-state index contributed by atoms with van der Waals surface area (Å²) in [7, 11) is -3.12. The molecule has 6 nitrogen and oxygen atoms in total. The molecule has 172 valence electrons. The molecule has 33 heavy (non-hydrogen) atoms. The SMILES string of the molecule is Cc1cc(C(C[C@H](c2ccc(C3CN(S(C)(=O)=O)C3)cc2)c2ccccc2C)=NO)ccn1. The lowest BCUT2D eigenvalue weighted by Crippen LogP contribution is -2.47. The molecule has 0 saturated carbocycles. The van der Waals surface area contributed by atoms with Gasteiger partial charge < -0.3 is 5.21 Å². The van der Waals surface area contributed by atoms with Crippen molar-refractivity contribution >= 4 is 15.7 Å². The summed E-state index contributed by atoms with van der Waals surface area (Å²) in [6.07, 6.45) is 3.52. The van der Waals surface area contributed by atoms with E-state index < -0.39 is 10.0 Å². The molecular formula is C26H29N3O3S. The standard InChI is InChI=1S/C26H29N3O3S/c1-18-6-4-5-7-24(18)25(15-26(28-30)22-12-13-27-19(2)14-22)21-10-8-20(9-11-21)23-16-29(17-23)33(3,31)32/h4-14,23,25,30H,15-17H2,1-3H3/t25-/m1/s1. The first-order valence-corrected chi connectivity index (χ1v) is 12.9. The van der Waals surface area contributed by atoms with Crippen LogP contribution in [0.15, 0.2) is 72.0 Å². The van der Waals surface area contributed by atoms with E-state index in [0.29, 0.717) is 25.2 Å². The van der Waals surface area contributed by atoms with Crippen molar-refractivity contribution in [2.45, 2.75) is 32.1 Å². The van der Waals surface area contributed by atoms with E-state index in [2.05, 4.69) is 53.5 Å². The molecule has 7 heteroatoms. The number of benzene rings is 2. The number of aromatic nitrogens is 1. The third-order valence-electron chi connectivity index (χ3n) is 6.44. The molecule has 1 fully saturated rings. The Labute approximate surface area is 195 Å². The zero-order chi connectivity index (χ0) is 23.6. The monoisotopic (exact) mass is 463 g/mol. The van der Waals surface area contributed by atoms with E-state index in [4.69, 9.17) is 0 Å². The van der Waals surface area contributed by atoms with E-state index in [-0.39, 0.29) is 11.8 Å². The highest BCUT2D eigenvalue weighted by atomic mass is 32.2. The van der Waals surface area contributed by atoms with Crippen LogP contribution in [-0.4, -0.2) is 48.0 Å². The van der Waals surface area contributed by atoms with E-state index in [1.807, 2.05) is 31.2 Å². The minimum atomic E-state index is -3.12. The van der Waals surface area contributed by atoms with Gasteiger partial charge in [0.2, 0.25) is 10.0 Å². The Morgan fingerprint density at radius 2 is 1.82 bits per heavy atom. The minimum absolute atomic E-state index is 0.00790. The van der Waals surface area contributed by atoms with Gasteiger partial charge in [0.25, 0.3) is 0 Å². The fraction of sp³-hybridized carbons (Fsp3) is 0.308. The van der Waals surface area contributed by atoms with Crippen LogP contribution < -0.4 is 0 Å². The van der Waals surface area contributed by atoms with E-state index in [1.54, 1.807) is 6.20 Å². The lowest BCUT2D eigenvalue weighted by atomic mass is 9.82. The molecule has 1 aromatic heterocycles. The number of pyridine rings is 1. The Kier molecular flexibility index (Phi) is 6.63. The summed E-state index contributed by atoms with van der Waals surface area (Å²) in [5.74, 6) is 0.230. The Balaban J connectivity index is 1.63. The fourth-order valence-corrected chi connectivity index (χ4v) is 5.34. The number of sulfonamides is 1. The second-order valence-electron chi connectivity index (χ2n) is 8.79. The zero-order valence-corrected chi connectivity index (χ0v) is 20.0. The van der Waals surface area contributed by atoms with E-state index in [9.17, 15) is 13.6 Å². The summed E-state index contributed by atoms with van der Waals surface area (Å²) in [6, 6.07) is 20.5. The van der Waals surface area contributed by atoms with Gasteiger partial charge in [0.15, 0.2) is 0 Å². The van der Waals surface area contributed by atoms with Gasteiger partial charge in [-0.15, -0.1) is 0 Å². The van der Waals surface area contributed by atoms with Crippen LogP contribution in [0.3, 0.4) is 0 Å². The molecule has 1 saturated heterocycles. The van der Waals surface area contributed by atoms with Gasteiger partial charge >= 0.3 is 0 Å². The summed E-state index contributed by atoms with van der Waals surface area (Å²) in [4.78, 5) is 4.25. The lowest BCUT2D eigenvalue weighted by Gasteiger charge is -2.37.